The molecule has 0 radical (unpaired) electrons. The van der Waals surface area contributed by atoms with Crippen LogP contribution in [-0.2, 0) is 9.53 Å². The summed E-state index contributed by atoms with van der Waals surface area (Å²) in [5.74, 6) is -0.132. The third-order valence-corrected chi connectivity index (χ3v) is 1.88. The molecular formula is C16H35NO2. The Labute approximate surface area is 121 Å². The van der Waals surface area contributed by atoms with Crippen LogP contribution in [0.3, 0.4) is 0 Å². The summed E-state index contributed by atoms with van der Waals surface area (Å²) in [6.07, 6.45) is 6.11. The molecule has 0 saturated heterocycles. The molecule has 19 heavy (non-hydrogen) atoms. The van der Waals surface area contributed by atoms with Gasteiger partial charge in [-0.25, -0.2) is 0 Å². The van der Waals surface area contributed by atoms with Crippen molar-refractivity contribution in [3.8, 4) is 6.07 Å². The number of nitrogens with zero attached hydrogens (tertiary/aromatic N) is 1. The Kier molecular flexibility index (Phi) is 42.1. The van der Waals surface area contributed by atoms with Crippen LogP contribution in [0.25, 0.3) is 0 Å². The van der Waals surface area contributed by atoms with Crippen LogP contribution in [0.1, 0.15) is 87.5 Å². The Morgan fingerprint density at radius 2 is 1.32 bits per heavy atom. The van der Waals surface area contributed by atoms with Crippen molar-refractivity contribution in [1.29, 1.82) is 5.26 Å². The zero-order valence-corrected chi connectivity index (χ0v) is 14.4. The minimum absolute atomic E-state index is 0.132. The number of hydrogen-bond acceptors (Lipinski definition) is 3. The summed E-state index contributed by atoms with van der Waals surface area (Å²) in [6, 6.07) is 1.75. The van der Waals surface area contributed by atoms with Crippen LogP contribution in [0.4, 0.5) is 0 Å². The van der Waals surface area contributed by atoms with Gasteiger partial charge < -0.3 is 4.74 Å². The van der Waals surface area contributed by atoms with E-state index in [1.807, 2.05) is 41.5 Å². The van der Waals surface area contributed by atoms with Crippen molar-refractivity contribution in [3.05, 3.63) is 0 Å². The predicted octanol–water partition coefficient (Wildman–Crippen LogP) is 5.49. The van der Waals surface area contributed by atoms with Crippen molar-refractivity contribution < 1.29 is 9.53 Å². The maximum atomic E-state index is 10.5. The van der Waals surface area contributed by atoms with Gasteiger partial charge in [0.2, 0.25) is 0 Å². The molecule has 0 bridgehead atoms. The van der Waals surface area contributed by atoms with Gasteiger partial charge in [-0.2, -0.15) is 5.26 Å². The van der Waals surface area contributed by atoms with Crippen LogP contribution in [-0.4, -0.2) is 12.1 Å². The van der Waals surface area contributed by atoms with Gasteiger partial charge in [0.1, 0.15) is 6.10 Å². The molecule has 1 rings (SSSR count). The van der Waals surface area contributed by atoms with Crippen LogP contribution in [0.2, 0.25) is 0 Å². The van der Waals surface area contributed by atoms with Gasteiger partial charge in [0.05, 0.1) is 6.07 Å². The summed E-state index contributed by atoms with van der Waals surface area (Å²) >= 11 is 0. The maximum absolute atomic E-state index is 10.5. The van der Waals surface area contributed by atoms with Crippen LogP contribution in [0.5, 0.6) is 0 Å². The molecule has 1 fully saturated rings. The van der Waals surface area contributed by atoms with Crippen molar-refractivity contribution in [1.82, 2.24) is 0 Å². The zero-order valence-electron chi connectivity index (χ0n) is 14.4. The third kappa shape index (κ3) is 31.6. The summed E-state index contributed by atoms with van der Waals surface area (Å²) in [5.41, 5.74) is 0. The van der Waals surface area contributed by atoms with Gasteiger partial charge in [0, 0.05) is 13.8 Å². The number of rotatable bonds is 1. The Morgan fingerprint density at radius 1 is 1.00 bits per heavy atom. The first-order chi connectivity index (χ1) is 9.20. The lowest BCUT2D eigenvalue weighted by Gasteiger charge is -2.20. The molecular weight excluding hydrogens is 238 g/mol. The Morgan fingerprint density at radius 3 is 1.58 bits per heavy atom. The van der Waals surface area contributed by atoms with E-state index in [9.17, 15) is 4.79 Å². The monoisotopic (exact) mass is 273 g/mol. The average Bonchev–Trinajstić information content (AvgIpc) is 2.47. The molecule has 1 aliphatic rings. The number of carbonyl (C=O) groups excluding carboxylic acids is 1. The zero-order chi connectivity index (χ0) is 16.1. The molecule has 3 heteroatoms. The lowest BCUT2D eigenvalue weighted by atomic mass is 9.98. The topological polar surface area (TPSA) is 50.1 Å². The second kappa shape index (κ2) is 30.2. The van der Waals surface area contributed by atoms with Crippen LogP contribution >= 0.6 is 0 Å². The molecule has 1 saturated carbocycles. The van der Waals surface area contributed by atoms with E-state index in [4.69, 9.17) is 10.00 Å². The van der Waals surface area contributed by atoms with Crippen LogP contribution in [0.15, 0.2) is 0 Å². The summed E-state index contributed by atoms with van der Waals surface area (Å²) in [4.78, 5) is 10.5. The molecule has 0 atom stereocenters. The molecule has 0 amide bonds. The van der Waals surface area contributed by atoms with Crippen molar-refractivity contribution in [2.75, 3.05) is 0 Å². The van der Waals surface area contributed by atoms with Gasteiger partial charge in [-0.3, -0.25) is 4.79 Å². The Balaban J connectivity index is -0.000000106. The highest BCUT2D eigenvalue weighted by Gasteiger charge is 2.14. The van der Waals surface area contributed by atoms with Crippen molar-refractivity contribution in [3.63, 3.8) is 0 Å². The van der Waals surface area contributed by atoms with Gasteiger partial charge in [-0.15, -0.1) is 0 Å². The first-order valence-electron chi connectivity index (χ1n) is 7.68. The molecule has 0 spiro atoms. The molecule has 3 nitrogen and oxygen atoms in total. The fraction of sp³-hybridized carbons (Fsp3) is 0.875. The van der Waals surface area contributed by atoms with E-state index in [0.29, 0.717) is 0 Å². The summed E-state index contributed by atoms with van der Waals surface area (Å²) in [7, 11) is 0. The number of hydrogen-bond donors (Lipinski definition) is 0. The molecule has 0 aromatic heterocycles. The fourth-order valence-electron chi connectivity index (χ4n) is 1.42. The van der Waals surface area contributed by atoms with Crippen LogP contribution in [0, 0.1) is 11.3 Å². The summed E-state index contributed by atoms with van der Waals surface area (Å²) in [5, 5.41) is 7.32. The largest absolute Gasteiger partial charge is 0.463 e. The average molecular weight is 273 g/mol. The van der Waals surface area contributed by atoms with E-state index in [-0.39, 0.29) is 12.1 Å². The van der Waals surface area contributed by atoms with Gasteiger partial charge in [-0.1, -0.05) is 48.0 Å². The van der Waals surface area contributed by atoms with E-state index >= 15 is 0 Å². The molecule has 0 aromatic carbocycles. The van der Waals surface area contributed by atoms with Gasteiger partial charge in [-0.05, 0) is 25.7 Å². The normalized spacial score (nSPS) is 12.2. The highest BCUT2D eigenvalue weighted by molar-refractivity contribution is 5.66. The van der Waals surface area contributed by atoms with E-state index in [0.717, 1.165) is 12.8 Å². The number of carbonyl (C=O) groups is 1. The second-order valence-corrected chi connectivity index (χ2v) is 3.09. The first kappa shape index (κ1) is 26.5. The first-order valence-corrected chi connectivity index (χ1v) is 7.68. The molecule has 1 aliphatic carbocycles. The lowest BCUT2D eigenvalue weighted by molar-refractivity contribution is -0.147. The quantitative estimate of drug-likeness (QED) is 0.593. The van der Waals surface area contributed by atoms with Crippen molar-refractivity contribution in [2.24, 2.45) is 0 Å². The van der Waals surface area contributed by atoms with E-state index in [1.54, 1.807) is 6.07 Å². The minimum atomic E-state index is -0.132. The van der Waals surface area contributed by atoms with E-state index in [2.05, 4.69) is 0 Å². The Hall–Kier alpha value is -1.04. The molecule has 0 N–H and O–H groups in total. The highest BCUT2D eigenvalue weighted by atomic mass is 16.5. The minimum Gasteiger partial charge on any atom is -0.463 e. The second-order valence-electron chi connectivity index (χ2n) is 3.09. The lowest BCUT2D eigenvalue weighted by Crippen LogP contribution is -2.18. The molecule has 0 aliphatic heterocycles. The fourth-order valence-corrected chi connectivity index (χ4v) is 1.42. The maximum Gasteiger partial charge on any atom is 0.302 e. The van der Waals surface area contributed by atoms with Crippen LogP contribution < -0.4 is 0 Å². The van der Waals surface area contributed by atoms with Gasteiger partial charge in [0.25, 0.3) is 0 Å². The number of nitriles is 1. The number of ether oxygens (including phenoxy) is 1. The summed E-state index contributed by atoms with van der Waals surface area (Å²) in [6.45, 7) is 14.9. The smallest absolute Gasteiger partial charge is 0.302 e. The predicted molar refractivity (Wildman–Crippen MR) is 84.0 cm³/mol. The van der Waals surface area contributed by atoms with E-state index < -0.39 is 0 Å². The molecule has 116 valence electrons. The van der Waals surface area contributed by atoms with Gasteiger partial charge >= 0.3 is 5.97 Å². The molecule has 0 unspecified atom stereocenters. The Bertz CT molecular complexity index is 180. The SMILES string of the molecule is CC.CC.CC.CC#N.CC(=O)OC1CCCCC1. The number of esters is 1. The molecule has 0 aromatic rings. The van der Waals surface area contributed by atoms with Gasteiger partial charge in [0.15, 0.2) is 0 Å². The third-order valence-electron chi connectivity index (χ3n) is 1.88. The van der Waals surface area contributed by atoms with Crippen molar-refractivity contribution in [2.45, 2.75) is 93.6 Å². The highest BCUT2D eigenvalue weighted by Crippen LogP contribution is 2.19. The van der Waals surface area contributed by atoms with E-state index in [1.165, 1.54) is 33.1 Å². The summed E-state index contributed by atoms with van der Waals surface area (Å²) < 4.78 is 5.05. The standard InChI is InChI=1S/C8H14O2.C2H3N.3C2H6/c1-7(9)10-8-5-3-2-4-6-8;1-2-3;3*1-2/h8H,2-6H2,1H3;1H3;3*1-2H3. The molecule has 0 heterocycles. The van der Waals surface area contributed by atoms with Crippen molar-refractivity contribution >= 4 is 5.97 Å².